The maximum Gasteiger partial charge on any atom is 0.350 e. The van der Waals surface area contributed by atoms with Crippen molar-refractivity contribution in [1.82, 2.24) is 25.2 Å². The Hall–Kier alpha value is -3.19. The molecule has 13 heteroatoms. The van der Waals surface area contributed by atoms with Gasteiger partial charge < -0.3 is 19.5 Å². The molecule has 29 heavy (non-hydrogen) atoms. The standard InChI is InChI=1S/C16H14N6O5S2/c1-8-13(14(24)25-2)29-15(17-8)18-12(23)6-28-16-19-20-21-22(16)9-3-4-10-11(5-9)27-7-26-10/h3-5H,6-7H2,1-2H3,(H,17,18,23). The summed E-state index contributed by atoms with van der Waals surface area (Å²) in [6.45, 7) is 1.84. The molecule has 1 aliphatic rings. The van der Waals surface area contributed by atoms with Gasteiger partial charge in [0.15, 0.2) is 16.6 Å². The van der Waals surface area contributed by atoms with Gasteiger partial charge in [0.05, 0.1) is 24.2 Å². The Labute approximate surface area is 172 Å². The van der Waals surface area contributed by atoms with Crippen LogP contribution >= 0.6 is 23.1 Å². The van der Waals surface area contributed by atoms with Crippen LogP contribution in [0.5, 0.6) is 11.5 Å². The lowest BCUT2D eigenvalue weighted by Crippen LogP contribution is -2.14. The summed E-state index contributed by atoms with van der Waals surface area (Å²) in [5.74, 6) is 0.516. The zero-order chi connectivity index (χ0) is 20.4. The van der Waals surface area contributed by atoms with E-state index < -0.39 is 5.97 Å². The lowest BCUT2D eigenvalue weighted by Gasteiger charge is -2.05. The highest BCUT2D eigenvalue weighted by Crippen LogP contribution is 2.34. The van der Waals surface area contributed by atoms with Crippen molar-refractivity contribution in [2.24, 2.45) is 0 Å². The molecule has 0 saturated carbocycles. The molecule has 1 N–H and O–H groups in total. The van der Waals surface area contributed by atoms with Crippen LogP contribution in [0.1, 0.15) is 15.4 Å². The van der Waals surface area contributed by atoms with Crippen LogP contribution in [0, 0.1) is 6.92 Å². The second kappa shape index (κ2) is 8.05. The number of nitrogens with one attached hydrogen (secondary N) is 1. The minimum Gasteiger partial charge on any atom is -0.465 e. The van der Waals surface area contributed by atoms with Gasteiger partial charge in [0.1, 0.15) is 4.88 Å². The van der Waals surface area contributed by atoms with Crippen LogP contribution in [0.25, 0.3) is 5.69 Å². The minimum atomic E-state index is -0.488. The summed E-state index contributed by atoms with van der Waals surface area (Å²) < 4.78 is 16.8. The predicted octanol–water partition coefficient (Wildman–Crippen LogP) is 1.67. The van der Waals surface area contributed by atoms with E-state index in [0.717, 1.165) is 23.1 Å². The first-order valence-electron chi connectivity index (χ1n) is 8.22. The van der Waals surface area contributed by atoms with Crippen LogP contribution < -0.4 is 14.8 Å². The van der Waals surface area contributed by atoms with E-state index in [9.17, 15) is 9.59 Å². The Morgan fingerprint density at radius 2 is 2.17 bits per heavy atom. The number of thioether (sulfide) groups is 1. The van der Waals surface area contributed by atoms with Gasteiger partial charge in [-0.1, -0.05) is 23.1 Å². The third-order valence-corrected chi connectivity index (χ3v) is 5.76. The molecular formula is C16H14N6O5S2. The smallest absolute Gasteiger partial charge is 0.350 e. The molecule has 0 fully saturated rings. The van der Waals surface area contributed by atoms with Crippen LogP contribution in [0.3, 0.4) is 0 Å². The summed E-state index contributed by atoms with van der Waals surface area (Å²) in [7, 11) is 1.29. The van der Waals surface area contributed by atoms with Gasteiger partial charge in [-0.15, -0.1) is 5.10 Å². The molecule has 0 aliphatic carbocycles. The number of amides is 1. The van der Waals surface area contributed by atoms with Gasteiger partial charge in [0.2, 0.25) is 17.9 Å². The number of carbonyl (C=O) groups is 2. The molecule has 1 aromatic carbocycles. The Morgan fingerprint density at radius 1 is 1.34 bits per heavy atom. The Bertz CT molecular complexity index is 1080. The number of anilines is 1. The van der Waals surface area contributed by atoms with E-state index >= 15 is 0 Å². The predicted molar refractivity (Wildman–Crippen MR) is 103 cm³/mol. The highest BCUT2D eigenvalue weighted by atomic mass is 32.2. The van der Waals surface area contributed by atoms with Gasteiger partial charge in [-0.25, -0.2) is 9.78 Å². The van der Waals surface area contributed by atoms with Crippen molar-refractivity contribution < 1.29 is 23.8 Å². The number of aryl methyl sites for hydroxylation is 1. The largest absolute Gasteiger partial charge is 0.465 e. The lowest BCUT2D eigenvalue weighted by molar-refractivity contribution is -0.113. The number of hydrogen-bond donors (Lipinski definition) is 1. The number of methoxy groups -OCH3 is 1. The van der Waals surface area contributed by atoms with Crippen molar-refractivity contribution in [3.8, 4) is 17.2 Å². The Morgan fingerprint density at radius 3 is 3.00 bits per heavy atom. The number of thiazole rings is 1. The van der Waals surface area contributed by atoms with Gasteiger partial charge in [0.25, 0.3) is 0 Å². The second-order valence-electron chi connectivity index (χ2n) is 5.67. The average Bonchev–Trinajstić information content (AvgIpc) is 3.44. The van der Waals surface area contributed by atoms with E-state index in [2.05, 4.69) is 30.6 Å². The maximum atomic E-state index is 12.3. The number of rotatable bonds is 6. The Kier molecular flexibility index (Phi) is 5.31. The number of tetrazole rings is 1. The van der Waals surface area contributed by atoms with Crippen LogP contribution in [0.4, 0.5) is 5.13 Å². The quantitative estimate of drug-likeness (QED) is 0.451. The third kappa shape index (κ3) is 4.00. The molecule has 2 aromatic heterocycles. The topological polar surface area (TPSA) is 130 Å². The molecule has 0 radical (unpaired) electrons. The number of fused-ring (bicyclic) bond motifs is 1. The molecule has 4 rings (SSSR count). The summed E-state index contributed by atoms with van der Waals surface area (Å²) in [6, 6.07) is 5.32. The van der Waals surface area contributed by atoms with E-state index in [0.29, 0.717) is 38.0 Å². The molecular weight excluding hydrogens is 420 g/mol. The molecule has 11 nitrogen and oxygen atoms in total. The molecule has 0 spiro atoms. The summed E-state index contributed by atoms with van der Waals surface area (Å²) in [4.78, 5) is 28.4. The zero-order valence-corrected chi connectivity index (χ0v) is 16.9. The van der Waals surface area contributed by atoms with Crippen molar-refractivity contribution in [2.45, 2.75) is 12.1 Å². The zero-order valence-electron chi connectivity index (χ0n) is 15.2. The van der Waals surface area contributed by atoms with Crippen molar-refractivity contribution in [1.29, 1.82) is 0 Å². The molecule has 0 atom stereocenters. The molecule has 3 aromatic rings. The summed E-state index contributed by atoms with van der Waals surface area (Å²) in [5, 5.41) is 15.0. The van der Waals surface area contributed by atoms with E-state index in [4.69, 9.17) is 9.47 Å². The fraction of sp³-hybridized carbons (Fsp3) is 0.250. The van der Waals surface area contributed by atoms with Gasteiger partial charge in [0, 0.05) is 6.07 Å². The van der Waals surface area contributed by atoms with E-state index in [-0.39, 0.29) is 18.5 Å². The van der Waals surface area contributed by atoms with Gasteiger partial charge in [-0.05, 0) is 29.5 Å². The molecule has 0 saturated heterocycles. The number of benzene rings is 1. The van der Waals surface area contributed by atoms with Gasteiger partial charge >= 0.3 is 5.97 Å². The fourth-order valence-corrected chi connectivity index (χ4v) is 4.06. The highest BCUT2D eigenvalue weighted by molar-refractivity contribution is 7.99. The molecule has 150 valence electrons. The van der Waals surface area contributed by atoms with Gasteiger partial charge in [-0.2, -0.15) is 4.68 Å². The van der Waals surface area contributed by atoms with Crippen molar-refractivity contribution >= 4 is 40.1 Å². The summed E-state index contributed by atoms with van der Waals surface area (Å²) in [5.41, 5.74) is 1.18. The second-order valence-corrected chi connectivity index (χ2v) is 7.61. The van der Waals surface area contributed by atoms with Crippen LogP contribution in [0.2, 0.25) is 0 Å². The molecule has 3 heterocycles. The van der Waals surface area contributed by atoms with Crippen molar-refractivity contribution in [3.63, 3.8) is 0 Å². The normalized spacial score (nSPS) is 12.1. The molecule has 1 amide bonds. The van der Waals surface area contributed by atoms with E-state index in [1.54, 1.807) is 25.1 Å². The number of nitrogens with zero attached hydrogens (tertiary/aromatic N) is 5. The van der Waals surface area contributed by atoms with Crippen molar-refractivity contribution in [3.05, 3.63) is 28.8 Å². The number of hydrogen-bond acceptors (Lipinski definition) is 11. The van der Waals surface area contributed by atoms with E-state index in [1.165, 1.54) is 11.8 Å². The van der Waals surface area contributed by atoms with Crippen LogP contribution in [-0.2, 0) is 9.53 Å². The lowest BCUT2D eigenvalue weighted by atomic mass is 10.3. The highest BCUT2D eigenvalue weighted by Gasteiger charge is 2.19. The fourth-order valence-electron chi connectivity index (χ4n) is 2.47. The van der Waals surface area contributed by atoms with E-state index in [1.807, 2.05) is 0 Å². The first-order chi connectivity index (χ1) is 14.0. The Balaban J connectivity index is 1.41. The molecule has 0 unspecified atom stereocenters. The maximum absolute atomic E-state index is 12.3. The minimum absolute atomic E-state index is 0.0527. The summed E-state index contributed by atoms with van der Waals surface area (Å²) >= 11 is 2.22. The number of carbonyl (C=O) groups excluding carboxylic acids is 2. The SMILES string of the molecule is COC(=O)c1sc(NC(=O)CSc2nnnn2-c2ccc3c(c2)OCO3)nc1C. The third-order valence-electron chi connectivity index (χ3n) is 3.79. The average molecular weight is 434 g/mol. The van der Waals surface area contributed by atoms with Crippen LogP contribution in [-0.4, -0.2) is 56.7 Å². The number of aromatic nitrogens is 5. The molecule has 0 bridgehead atoms. The summed E-state index contributed by atoms with van der Waals surface area (Å²) in [6.07, 6.45) is 0. The first-order valence-corrected chi connectivity index (χ1v) is 10.0. The number of ether oxygens (including phenoxy) is 3. The number of esters is 1. The van der Waals surface area contributed by atoms with Crippen molar-refractivity contribution in [2.75, 3.05) is 25.0 Å². The first kappa shape index (κ1) is 19.1. The van der Waals surface area contributed by atoms with Crippen LogP contribution in [0.15, 0.2) is 23.4 Å². The monoisotopic (exact) mass is 434 g/mol. The molecule has 1 aliphatic heterocycles. The van der Waals surface area contributed by atoms with Gasteiger partial charge in [-0.3, -0.25) is 4.79 Å².